The molecule has 3 rings (SSSR count). The molecule has 0 bridgehead atoms. The van der Waals surface area contributed by atoms with Gasteiger partial charge in [-0.2, -0.15) is 0 Å². The van der Waals surface area contributed by atoms with Crippen LogP contribution in [0.25, 0.3) is 6.08 Å². The van der Waals surface area contributed by atoms with Crippen molar-refractivity contribution in [2.45, 2.75) is 6.92 Å². The lowest BCUT2D eigenvalue weighted by Gasteiger charge is -2.10. The fourth-order valence-electron chi connectivity index (χ4n) is 2.38. The minimum Gasteiger partial charge on any atom is -0.493 e. The summed E-state index contributed by atoms with van der Waals surface area (Å²) >= 11 is 9.54. The summed E-state index contributed by atoms with van der Waals surface area (Å²) in [5, 5.41) is 0.166. The number of hydrogen-bond donors (Lipinski definition) is 0. The Morgan fingerprint density at radius 1 is 1.30 bits per heavy atom. The lowest BCUT2D eigenvalue weighted by Crippen LogP contribution is -2.05. The molecule has 8 heteroatoms. The second-order valence-corrected chi connectivity index (χ2v) is 6.80. The number of esters is 2. The molecule has 0 N–H and O–H groups in total. The van der Waals surface area contributed by atoms with Crippen molar-refractivity contribution in [3.8, 4) is 11.5 Å². The number of methoxy groups -OCH3 is 1. The molecule has 1 heterocycles. The smallest absolute Gasteiger partial charge is 0.363 e. The number of carbonyl (C=O) groups excluding carboxylic acids is 2. The van der Waals surface area contributed by atoms with E-state index in [1.54, 1.807) is 18.2 Å². The molecular weight excluding hydrogens is 438 g/mol. The fourth-order valence-corrected chi connectivity index (χ4v) is 3.03. The molecule has 0 saturated carbocycles. The van der Waals surface area contributed by atoms with E-state index in [0.717, 1.165) is 4.47 Å². The number of carbonyl (C=O) groups is 2. The summed E-state index contributed by atoms with van der Waals surface area (Å²) < 4.78 is 16.4. The van der Waals surface area contributed by atoms with Gasteiger partial charge in [0.2, 0.25) is 5.90 Å². The lowest BCUT2D eigenvalue weighted by atomic mass is 10.1. The van der Waals surface area contributed by atoms with E-state index < -0.39 is 11.9 Å². The van der Waals surface area contributed by atoms with Crippen molar-refractivity contribution < 1.29 is 23.8 Å². The molecule has 0 spiro atoms. The number of cyclic esters (lactones) is 1. The summed E-state index contributed by atoms with van der Waals surface area (Å²) in [5.74, 6) is -0.525. The SMILES string of the molecule is COc1cc(C=C2N=C(c3cccc(Br)c3)OC2=O)cc(Cl)c1OC(C)=O. The topological polar surface area (TPSA) is 74.2 Å². The molecule has 0 saturated heterocycles. The van der Waals surface area contributed by atoms with Crippen molar-refractivity contribution in [1.29, 1.82) is 0 Å². The van der Waals surface area contributed by atoms with E-state index in [2.05, 4.69) is 20.9 Å². The monoisotopic (exact) mass is 449 g/mol. The van der Waals surface area contributed by atoms with Crippen molar-refractivity contribution in [2.24, 2.45) is 4.99 Å². The number of hydrogen-bond acceptors (Lipinski definition) is 6. The standard InChI is InChI=1S/C19H13BrClNO5/c1-10(23)26-17-14(21)6-11(8-16(17)25-2)7-15-19(24)27-18(22-15)12-4-3-5-13(20)9-12/h3-9H,1-2H3. The van der Waals surface area contributed by atoms with Crippen LogP contribution in [0.5, 0.6) is 11.5 Å². The normalized spacial score (nSPS) is 14.7. The predicted molar refractivity (Wildman–Crippen MR) is 104 cm³/mol. The highest BCUT2D eigenvalue weighted by molar-refractivity contribution is 9.10. The van der Waals surface area contributed by atoms with Gasteiger partial charge in [0.1, 0.15) is 0 Å². The third-order valence-electron chi connectivity index (χ3n) is 3.49. The Hall–Kier alpha value is -2.64. The van der Waals surface area contributed by atoms with Crippen LogP contribution in [0, 0.1) is 0 Å². The minimum atomic E-state index is -0.580. The van der Waals surface area contributed by atoms with E-state index in [1.165, 1.54) is 26.2 Å². The molecule has 1 aliphatic rings. The molecule has 1 aliphatic heterocycles. The van der Waals surface area contributed by atoms with Gasteiger partial charge in [-0.25, -0.2) is 9.79 Å². The molecule has 138 valence electrons. The van der Waals surface area contributed by atoms with Gasteiger partial charge in [-0.3, -0.25) is 4.79 Å². The van der Waals surface area contributed by atoms with Crippen LogP contribution in [0.4, 0.5) is 0 Å². The van der Waals surface area contributed by atoms with Crippen molar-refractivity contribution in [3.05, 3.63) is 62.7 Å². The number of benzene rings is 2. The quantitative estimate of drug-likeness (QED) is 0.393. The van der Waals surface area contributed by atoms with Crippen LogP contribution in [0.15, 0.2) is 51.6 Å². The Morgan fingerprint density at radius 2 is 2.07 bits per heavy atom. The van der Waals surface area contributed by atoms with Gasteiger partial charge in [-0.1, -0.05) is 33.6 Å². The minimum absolute atomic E-state index is 0.112. The molecule has 0 amide bonds. The average molecular weight is 451 g/mol. The molecule has 2 aromatic rings. The van der Waals surface area contributed by atoms with Gasteiger partial charge in [0.05, 0.1) is 12.1 Å². The largest absolute Gasteiger partial charge is 0.493 e. The first-order valence-electron chi connectivity index (χ1n) is 7.72. The maximum Gasteiger partial charge on any atom is 0.363 e. The van der Waals surface area contributed by atoms with Crippen LogP contribution < -0.4 is 9.47 Å². The highest BCUT2D eigenvalue weighted by Crippen LogP contribution is 2.37. The molecule has 6 nitrogen and oxygen atoms in total. The summed E-state index contributed by atoms with van der Waals surface area (Å²) in [7, 11) is 1.42. The van der Waals surface area contributed by atoms with Gasteiger partial charge < -0.3 is 14.2 Å². The van der Waals surface area contributed by atoms with Gasteiger partial charge >= 0.3 is 11.9 Å². The van der Waals surface area contributed by atoms with Crippen molar-refractivity contribution in [3.63, 3.8) is 0 Å². The molecule has 0 radical (unpaired) electrons. The fraction of sp³-hybridized carbons (Fsp3) is 0.105. The van der Waals surface area contributed by atoms with Crippen LogP contribution in [0.1, 0.15) is 18.1 Å². The second-order valence-electron chi connectivity index (χ2n) is 5.47. The van der Waals surface area contributed by atoms with Crippen LogP contribution in [0.3, 0.4) is 0 Å². The van der Waals surface area contributed by atoms with Gasteiger partial charge in [0.25, 0.3) is 0 Å². The Balaban J connectivity index is 1.97. The van der Waals surface area contributed by atoms with Crippen LogP contribution in [-0.2, 0) is 14.3 Å². The molecule has 0 unspecified atom stereocenters. The van der Waals surface area contributed by atoms with E-state index in [9.17, 15) is 9.59 Å². The van der Waals surface area contributed by atoms with E-state index in [4.69, 9.17) is 25.8 Å². The third-order valence-corrected chi connectivity index (χ3v) is 4.27. The second kappa shape index (κ2) is 7.94. The average Bonchev–Trinajstić information content (AvgIpc) is 2.97. The summed E-state index contributed by atoms with van der Waals surface area (Å²) in [6.07, 6.45) is 1.51. The molecule has 0 aromatic heterocycles. The molecule has 2 aromatic carbocycles. The van der Waals surface area contributed by atoms with E-state index in [1.807, 2.05) is 12.1 Å². The van der Waals surface area contributed by atoms with Gasteiger partial charge in [-0.05, 0) is 42.0 Å². The van der Waals surface area contributed by atoms with Crippen LogP contribution >= 0.6 is 27.5 Å². The number of ether oxygens (including phenoxy) is 3. The number of halogens is 2. The lowest BCUT2D eigenvalue weighted by molar-refractivity contribution is -0.132. The summed E-state index contributed by atoms with van der Waals surface area (Å²) in [6, 6.07) is 10.4. The molecular formula is C19H13BrClNO5. The Labute approximate surface area is 168 Å². The summed E-state index contributed by atoms with van der Waals surface area (Å²) in [5.41, 5.74) is 1.32. The van der Waals surface area contributed by atoms with Gasteiger partial charge in [0, 0.05) is 17.0 Å². The van der Waals surface area contributed by atoms with Gasteiger partial charge in [0.15, 0.2) is 17.2 Å². The summed E-state index contributed by atoms with van der Waals surface area (Å²) in [6.45, 7) is 1.26. The van der Waals surface area contributed by atoms with Gasteiger partial charge in [-0.15, -0.1) is 0 Å². The number of rotatable bonds is 4. The van der Waals surface area contributed by atoms with Crippen LogP contribution in [-0.4, -0.2) is 24.9 Å². The summed E-state index contributed by atoms with van der Waals surface area (Å²) in [4.78, 5) is 27.6. The maximum absolute atomic E-state index is 12.1. The number of nitrogens with zero attached hydrogens (tertiary/aromatic N) is 1. The molecule has 0 aliphatic carbocycles. The molecule has 0 atom stereocenters. The Bertz CT molecular complexity index is 1000. The van der Waals surface area contributed by atoms with E-state index >= 15 is 0 Å². The zero-order chi connectivity index (χ0) is 19.6. The molecule has 0 fully saturated rings. The first kappa shape index (κ1) is 19.1. The van der Waals surface area contributed by atoms with Crippen molar-refractivity contribution in [2.75, 3.05) is 7.11 Å². The first-order chi connectivity index (χ1) is 12.9. The third kappa shape index (κ3) is 4.37. The Morgan fingerprint density at radius 3 is 2.74 bits per heavy atom. The highest BCUT2D eigenvalue weighted by Gasteiger charge is 2.24. The number of aliphatic imine (C=N–C) groups is 1. The molecule has 27 heavy (non-hydrogen) atoms. The van der Waals surface area contributed by atoms with Crippen molar-refractivity contribution >= 4 is 51.4 Å². The van der Waals surface area contributed by atoms with Crippen LogP contribution in [0.2, 0.25) is 5.02 Å². The van der Waals surface area contributed by atoms with E-state index in [0.29, 0.717) is 11.1 Å². The highest BCUT2D eigenvalue weighted by atomic mass is 79.9. The first-order valence-corrected chi connectivity index (χ1v) is 8.89. The zero-order valence-corrected chi connectivity index (χ0v) is 16.6. The Kier molecular flexibility index (Phi) is 5.62. The predicted octanol–water partition coefficient (Wildman–Crippen LogP) is 4.38. The van der Waals surface area contributed by atoms with Crippen molar-refractivity contribution in [1.82, 2.24) is 0 Å². The maximum atomic E-state index is 12.1. The zero-order valence-electron chi connectivity index (χ0n) is 14.3. The van der Waals surface area contributed by atoms with E-state index in [-0.39, 0.29) is 28.1 Å².